The zero-order valence-corrected chi connectivity index (χ0v) is 12.1. The maximum absolute atomic E-state index is 13.0. The summed E-state index contributed by atoms with van der Waals surface area (Å²) in [6.07, 6.45) is -3.18. The van der Waals surface area contributed by atoms with E-state index in [4.69, 9.17) is 5.26 Å². The van der Waals surface area contributed by atoms with Crippen molar-refractivity contribution in [1.82, 2.24) is 0 Å². The standard InChI is InChI=1S/C16H11F3N2O2/c1-3-4-12-9(2)14(22)21(15(12)23)11-6-5-10(8-20)13(7-11)16(17,18)19/h3,5-7H,1,4H2,2H3. The molecule has 0 unspecified atom stereocenters. The predicted molar refractivity (Wildman–Crippen MR) is 76.2 cm³/mol. The van der Waals surface area contributed by atoms with E-state index in [0.717, 1.165) is 12.1 Å². The number of hydrogen-bond donors (Lipinski definition) is 0. The summed E-state index contributed by atoms with van der Waals surface area (Å²) in [6.45, 7) is 4.92. The molecule has 1 aliphatic heterocycles. The number of amides is 2. The van der Waals surface area contributed by atoms with Gasteiger partial charge in [0.25, 0.3) is 11.8 Å². The lowest BCUT2D eigenvalue weighted by atomic mass is 10.1. The molecule has 0 atom stereocenters. The second-order valence-corrected chi connectivity index (χ2v) is 4.88. The minimum Gasteiger partial charge on any atom is -0.269 e. The van der Waals surface area contributed by atoms with Crippen LogP contribution in [0.15, 0.2) is 42.0 Å². The fourth-order valence-corrected chi connectivity index (χ4v) is 2.31. The first-order valence-electron chi connectivity index (χ1n) is 6.53. The van der Waals surface area contributed by atoms with Crippen LogP contribution in [-0.4, -0.2) is 11.8 Å². The van der Waals surface area contributed by atoms with Crippen molar-refractivity contribution in [2.75, 3.05) is 4.90 Å². The Labute approximate surface area is 130 Å². The molecule has 1 aromatic rings. The van der Waals surface area contributed by atoms with Gasteiger partial charge in [-0.05, 0) is 31.5 Å². The molecule has 0 spiro atoms. The van der Waals surface area contributed by atoms with Crippen LogP contribution >= 0.6 is 0 Å². The number of anilines is 1. The molecule has 118 valence electrons. The summed E-state index contributed by atoms with van der Waals surface area (Å²) in [6, 6.07) is 4.18. The zero-order valence-electron chi connectivity index (χ0n) is 12.1. The third-order valence-electron chi connectivity index (χ3n) is 3.47. The second-order valence-electron chi connectivity index (χ2n) is 4.88. The third kappa shape index (κ3) is 2.75. The lowest BCUT2D eigenvalue weighted by Gasteiger charge is -2.17. The Morgan fingerprint density at radius 3 is 2.48 bits per heavy atom. The number of carbonyl (C=O) groups is 2. The summed E-state index contributed by atoms with van der Waals surface area (Å²) in [5.74, 6) is -1.35. The molecule has 23 heavy (non-hydrogen) atoms. The second kappa shape index (κ2) is 5.72. The molecule has 2 amide bonds. The number of halogens is 3. The van der Waals surface area contributed by atoms with Gasteiger partial charge in [0.05, 0.1) is 22.9 Å². The van der Waals surface area contributed by atoms with Crippen LogP contribution in [0, 0.1) is 11.3 Å². The SMILES string of the molecule is C=CCC1=C(C)C(=O)N(c2ccc(C#N)c(C(F)(F)F)c2)C1=O. The van der Waals surface area contributed by atoms with E-state index in [2.05, 4.69) is 6.58 Å². The Balaban J connectivity index is 2.53. The largest absolute Gasteiger partial charge is 0.417 e. The van der Waals surface area contributed by atoms with Gasteiger partial charge in [0.2, 0.25) is 0 Å². The summed E-state index contributed by atoms with van der Waals surface area (Å²) >= 11 is 0. The molecule has 0 fully saturated rings. The highest BCUT2D eigenvalue weighted by Crippen LogP contribution is 2.36. The van der Waals surface area contributed by atoms with E-state index in [9.17, 15) is 22.8 Å². The molecule has 0 aliphatic carbocycles. The average molecular weight is 320 g/mol. The third-order valence-corrected chi connectivity index (χ3v) is 3.47. The predicted octanol–water partition coefficient (Wildman–Crippen LogP) is 3.34. The van der Waals surface area contributed by atoms with E-state index < -0.39 is 29.1 Å². The number of hydrogen-bond acceptors (Lipinski definition) is 3. The van der Waals surface area contributed by atoms with Gasteiger partial charge in [-0.25, -0.2) is 4.90 Å². The molecule has 1 aromatic carbocycles. The Bertz CT molecular complexity index is 785. The molecule has 0 saturated carbocycles. The molecule has 0 aromatic heterocycles. The Morgan fingerprint density at radius 2 is 1.96 bits per heavy atom. The van der Waals surface area contributed by atoms with E-state index in [-0.39, 0.29) is 23.3 Å². The number of carbonyl (C=O) groups excluding carboxylic acids is 2. The van der Waals surface area contributed by atoms with Gasteiger partial charge in [-0.2, -0.15) is 18.4 Å². The number of alkyl halides is 3. The number of rotatable bonds is 3. The molecular formula is C16H11F3N2O2. The van der Waals surface area contributed by atoms with Gasteiger partial charge in [-0.15, -0.1) is 6.58 Å². The number of imide groups is 1. The normalized spacial score (nSPS) is 15.2. The van der Waals surface area contributed by atoms with E-state index in [1.165, 1.54) is 19.1 Å². The number of nitrogens with zero attached hydrogens (tertiary/aromatic N) is 2. The van der Waals surface area contributed by atoms with E-state index in [1.807, 2.05) is 0 Å². The maximum atomic E-state index is 13.0. The molecule has 4 nitrogen and oxygen atoms in total. The molecule has 0 radical (unpaired) electrons. The summed E-state index contributed by atoms with van der Waals surface area (Å²) < 4.78 is 39.0. The maximum Gasteiger partial charge on any atom is 0.417 e. The summed E-state index contributed by atoms with van der Waals surface area (Å²) in [7, 11) is 0. The summed E-state index contributed by atoms with van der Waals surface area (Å²) in [4.78, 5) is 25.2. The van der Waals surface area contributed by atoms with Crippen molar-refractivity contribution >= 4 is 17.5 Å². The van der Waals surface area contributed by atoms with Gasteiger partial charge in [-0.1, -0.05) is 6.08 Å². The Morgan fingerprint density at radius 1 is 1.30 bits per heavy atom. The van der Waals surface area contributed by atoms with Crippen molar-refractivity contribution < 1.29 is 22.8 Å². The molecule has 2 rings (SSSR count). The van der Waals surface area contributed by atoms with Crippen molar-refractivity contribution in [3.8, 4) is 6.07 Å². The first kappa shape index (κ1) is 16.5. The lowest BCUT2D eigenvalue weighted by Crippen LogP contribution is -2.31. The van der Waals surface area contributed by atoms with Gasteiger partial charge in [0.15, 0.2) is 0 Å². The molecule has 1 heterocycles. The van der Waals surface area contributed by atoms with Gasteiger partial charge in [0.1, 0.15) is 0 Å². The topological polar surface area (TPSA) is 61.2 Å². The van der Waals surface area contributed by atoms with E-state index >= 15 is 0 Å². The van der Waals surface area contributed by atoms with Crippen LogP contribution in [0.25, 0.3) is 0 Å². The quantitative estimate of drug-likeness (QED) is 0.634. The lowest BCUT2D eigenvalue weighted by molar-refractivity contribution is -0.138. The van der Waals surface area contributed by atoms with Crippen molar-refractivity contribution in [1.29, 1.82) is 5.26 Å². The fourth-order valence-electron chi connectivity index (χ4n) is 2.31. The van der Waals surface area contributed by atoms with Crippen LogP contribution in [0.3, 0.4) is 0 Å². The Kier molecular flexibility index (Phi) is 4.10. The van der Waals surface area contributed by atoms with Crippen molar-refractivity contribution in [2.24, 2.45) is 0 Å². The van der Waals surface area contributed by atoms with Crippen molar-refractivity contribution in [2.45, 2.75) is 19.5 Å². The average Bonchev–Trinajstić information content (AvgIpc) is 2.70. The molecule has 1 aliphatic rings. The fraction of sp³-hybridized carbons (Fsp3) is 0.188. The van der Waals surface area contributed by atoms with Crippen LogP contribution in [0.1, 0.15) is 24.5 Å². The number of allylic oxidation sites excluding steroid dienone is 1. The van der Waals surface area contributed by atoms with E-state index in [0.29, 0.717) is 11.0 Å². The van der Waals surface area contributed by atoms with E-state index in [1.54, 1.807) is 0 Å². The highest BCUT2D eigenvalue weighted by molar-refractivity contribution is 6.32. The van der Waals surface area contributed by atoms with Crippen LogP contribution in [-0.2, 0) is 15.8 Å². The number of nitriles is 1. The van der Waals surface area contributed by atoms with Crippen molar-refractivity contribution in [3.05, 3.63) is 53.1 Å². The molecular weight excluding hydrogens is 309 g/mol. The summed E-state index contributed by atoms with van der Waals surface area (Å²) in [5, 5.41) is 8.78. The van der Waals surface area contributed by atoms with Gasteiger partial charge in [-0.3, -0.25) is 9.59 Å². The Hall–Kier alpha value is -2.88. The first-order valence-corrected chi connectivity index (χ1v) is 6.53. The highest BCUT2D eigenvalue weighted by Gasteiger charge is 2.39. The van der Waals surface area contributed by atoms with Crippen molar-refractivity contribution in [3.63, 3.8) is 0 Å². The smallest absolute Gasteiger partial charge is 0.269 e. The van der Waals surface area contributed by atoms with Crippen LogP contribution in [0.5, 0.6) is 0 Å². The molecule has 0 saturated heterocycles. The van der Waals surface area contributed by atoms with Crippen LogP contribution in [0.2, 0.25) is 0 Å². The van der Waals surface area contributed by atoms with Crippen LogP contribution in [0.4, 0.5) is 18.9 Å². The monoisotopic (exact) mass is 320 g/mol. The molecule has 7 heteroatoms. The van der Waals surface area contributed by atoms with Crippen LogP contribution < -0.4 is 4.90 Å². The molecule has 0 N–H and O–H groups in total. The van der Waals surface area contributed by atoms with Gasteiger partial charge >= 0.3 is 6.18 Å². The van der Waals surface area contributed by atoms with Gasteiger partial charge < -0.3 is 0 Å². The first-order chi connectivity index (χ1) is 10.7. The minimum atomic E-state index is -4.76. The molecule has 0 bridgehead atoms. The summed E-state index contributed by atoms with van der Waals surface area (Å²) in [5.41, 5.74) is -1.61. The number of benzene rings is 1. The van der Waals surface area contributed by atoms with Gasteiger partial charge in [0, 0.05) is 11.1 Å². The zero-order chi connectivity index (χ0) is 17.4. The minimum absolute atomic E-state index is 0.148. The highest BCUT2D eigenvalue weighted by atomic mass is 19.4.